The summed E-state index contributed by atoms with van der Waals surface area (Å²) < 4.78 is 5.27. The minimum atomic E-state index is -0.353. The van der Waals surface area contributed by atoms with Gasteiger partial charge < -0.3 is 9.84 Å². The predicted octanol–water partition coefficient (Wildman–Crippen LogP) is 5.12. The highest BCUT2D eigenvalue weighted by atomic mass is 35.5. The summed E-state index contributed by atoms with van der Waals surface area (Å²) in [7, 11) is 0. The second-order valence-corrected chi connectivity index (χ2v) is 9.30. The lowest BCUT2D eigenvalue weighted by atomic mass is 9.71. The Hall–Kier alpha value is -1.92. The number of rotatable bonds is 3. The molecule has 0 spiro atoms. The van der Waals surface area contributed by atoms with Crippen LogP contribution in [-0.2, 0) is 0 Å². The molecule has 1 amide bonds. The number of nitrogens with one attached hydrogen (secondary N) is 2. The van der Waals surface area contributed by atoms with Gasteiger partial charge >= 0.3 is 0 Å². The zero-order valence-corrected chi connectivity index (χ0v) is 18.2. The average Bonchev–Trinajstić information content (AvgIpc) is 2.94. The number of aryl methyl sites for hydroxylation is 1. The van der Waals surface area contributed by atoms with Gasteiger partial charge in [-0.1, -0.05) is 55.7 Å². The molecule has 1 aliphatic carbocycles. The fourth-order valence-electron chi connectivity index (χ4n) is 4.32. The molecule has 1 aliphatic rings. The first-order valence-electron chi connectivity index (χ1n) is 9.49. The molecule has 2 atom stereocenters. The Morgan fingerprint density at radius 2 is 2.04 bits per heavy atom. The second kappa shape index (κ2) is 8.21. The Labute approximate surface area is 176 Å². The van der Waals surface area contributed by atoms with Crippen LogP contribution in [0.4, 0.5) is 0 Å². The zero-order valence-electron chi connectivity index (χ0n) is 16.6. The van der Waals surface area contributed by atoms with E-state index in [1.165, 1.54) is 6.42 Å². The number of thiocarbonyl (C=S) groups is 1. The summed E-state index contributed by atoms with van der Waals surface area (Å²) in [6, 6.07) is 7.47. The highest BCUT2D eigenvalue weighted by Crippen LogP contribution is 2.38. The van der Waals surface area contributed by atoms with Crippen molar-refractivity contribution in [1.29, 1.82) is 0 Å². The number of nitrogens with zero attached hydrogens (tertiary/aromatic N) is 1. The van der Waals surface area contributed by atoms with Crippen molar-refractivity contribution in [2.24, 2.45) is 11.3 Å². The van der Waals surface area contributed by atoms with Gasteiger partial charge in [-0.15, -0.1) is 0 Å². The number of aromatic nitrogens is 1. The van der Waals surface area contributed by atoms with Crippen LogP contribution in [0.15, 0.2) is 28.8 Å². The van der Waals surface area contributed by atoms with Gasteiger partial charge in [-0.2, -0.15) is 0 Å². The summed E-state index contributed by atoms with van der Waals surface area (Å²) in [4.78, 5) is 12.9. The lowest BCUT2D eigenvalue weighted by Gasteiger charge is -2.39. The van der Waals surface area contributed by atoms with E-state index in [9.17, 15) is 4.79 Å². The van der Waals surface area contributed by atoms with E-state index in [0.29, 0.717) is 38.6 Å². The molecule has 5 nitrogen and oxygen atoms in total. The van der Waals surface area contributed by atoms with Gasteiger partial charge in [0.05, 0.1) is 5.02 Å². The van der Waals surface area contributed by atoms with Crippen molar-refractivity contribution in [1.82, 2.24) is 15.8 Å². The van der Waals surface area contributed by atoms with Crippen molar-refractivity contribution in [3.05, 3.63) is 40.6 Å². The van der Waals surface area contributed by atoms with Gasteiger partial charge in [-0.05, 0) is 55.8 Å². The smallest absolute Gasteiger partial charge is 0.263 e. The number of hydrogen-bond donors (Lipinski definition) is 2. The topological polar surface area (TPSA) is 67.2 Å². The van der Waals surface area contributed by atoms with Crippen LogP contribution in [0.25, 0.3) is 11.3 Å². The number of benzene rings is 1. The first kappa shape index (κ1) is 20.8. The molecule has 1 fully saturated rings. The third kappa shape index (κ3) is 4.73. The van der Waals surface area contributed by atoms with Crippen LogP contribution >= 0.6 is 23.8 Å². The van der Waals surface area contributed by atoms with Gasteiger partial charge in [-0.25, -0.2) is 0 Å². The van der Waals surface area contributed by atoms with Crippen molar-refractivity contribution in [2.45, 2.75) is 53.0 Å². The van der Waals surface area contributed by atoms with Gasteiger partial charge in [0.2, 0.25) is 0 Å². The third-order valence-electron chi connectivity index (χ3n) is 5.17. The SMILES string of the molecule is Cc1onc(-c2ccccc2Cl)c1C(=O)NC(=S)N[C@@H]1C[C@@H](C)CC(C)(C)C1. The maximum Gasteiger partial charge on any atom is 0.263 e. The molecule has 2 aromatic rings. The lowest BCUT2D eigenvalue weighted by molar-refractivity contribution is 0.0974. The Morgan fingerprint density at radius 1 is 1.32 bits per heavy atom. The number of hydrogen-bond acceptors (Lipinski definition) is 4. The van der Waals surface area contributed by atoms with Gasteiger partial charge in [0.15, 0.2) is 5.11 Å². The van der Waals surface area contributed by atoms with E-state index in [0.717, 1.165) is 12.8 Å². The predicted molar refractivity (Wildman–Crippen MR) is 115 cm³/mol. The van der Waals surface area contributed by atoms with Crippen molar-refractivity contribution in [3.8, 4) is 11.3 Å². The molecule has 28 heavy (non-hydrogen) atoms. The molecule has 3 rings (SSSR count). The van der Waals surface area contributed by atoms with Crippen LogP contribution in [0.3, 0.4) is 0 Å². The molecule has 0 saturated heterocycles. The highest BCUT2D eigenvalue weighted by molar-refractivity contribution is 7.80. The molecule has 2 N–H and O–H groups in total. The number of carbonyl (C=O) groups excluding carboxylic acids is 1. The summed E-state index contributed by atoms with van der Waals surface area (Å²) in [5.41, 5.74) is 1.66. The molecular formula is C21H26ClN3O2S. The largest absolute Gasteiger partial charge is 0.360 e. The van der Waals surface area contributed by atoms with E-state index in [4.69, 9.17) is 28.3 Å². The Kier molecular flexibility index (Phi) is 6.10. The fourth-order valence-corrected chi connectivity index (χ4v) is 4.80. The lowest BCUT2D eigenvalue weighted by Crippen LogP contribution is -2.48. The van der Waals surface area contributed by atoms with Gasteiger partial charge in [0, 0.05) is 11.6 Å². The molecule has 0 aliphatic heterocycles. The molecule has 1 saturated carbocycles. The van der Waals surface area contributed by atoms with Crippen LogP contribution in [-0.4, -0.2) is 22.2 Å². The molecular weight excluding hydrogens is 394 g/mol. The standard InChI is InChI=1S/C21H26ClN3O2S/c1-12-9-14(11-21(3,4)10-12)23-20(28)24-19(26)17-13(2)27-25-18(17)15-7-5-6-8-16(15)22/h5-8,12,14H,9-11H2,1-4H3,(H2,23,24,26,28)/t12-,14-/m1/s1. The maximum absolute atomic E-state index is 12.9. The summed E-state index contributed by atoms with van der Waals surface area (Å²) in [6.07, 6.45) is 3.26. The molecule has 1 heterocycles. The third-order valence-corrected chi connectivity index (χ3v) is 5.72. The van der Waals surface area contributed by atoms with E-state index in [-0.39, 0.29) is 17.4 Å². The molecule has 7 heteroatoms. The van der Waals surface area contributed by atoms with Crippen LogP contribution in [0, 0.1) is 18.3 Å². The van der Waals surface area contributed by atoms with Crippen molar-refractivity contribution in [2.75, 3.05) is 0 Å². The van der Waals surface area contributed by atoms with Crippen LogP contribution in [0.5, 0.6) is 0 Å². The zero-order chi connectivity index (χ0) is 20.5. The van der Waals surface area contributed by atoms with E-state index in [1.807, 2.05) is 12.1 Å². The van der Waals surface area contributed by atoms with Crippen molar-refractivity contribution < 1.29 is 9.32 Å². The number of halogens is 1. The second-order valence-electron chi connectivity index (χ2n) is 8.48. The quantitative estimate of drug-likeness (QED) is 0.675. The van der Waals surface area contributed by atoms with Crippen LogP contribution in [0.1, 0.15) is 56.2 Å². The normalized spacial score (nSPS) is 21.2. The Morgan fingerprint density at radius 3 is 2.71 bits per heavy atom. The Bertz CT molecular complexity index is 894. The van der Waals surface area contributed by atoms with Gasteiger partial charge in [0.1, 0.15) is 17.0 Å². The Balaban J connectivity index is 1.73. The summed E-state index contributed by atoms with van der Waals surface area (Å²) in [6.45, 7) is 8.50. The minimum absolute atomic E-state index is 0.248. The van der Waals surface area contributed by atoms with E-state index >= 15 is 0 Å². The van der Waals surface area contributed by atoms with Crippen LogP contribution in [0.2, 0.25) is 5.02 Å². The van der Waals surface area contributed by atoms with E-state index in [1.54, 1.807) is 19.1 Å². The molecule has 0 unspecified atom stereocenters. The highest BCUT2D eigenvalue weighted by Gasteiger charge is 2.32. The fraction of sp³-hybridized carbons (Fsp3) is 0.476. The summed E-state index contributed by atoms with van der Waals surface area (Å²) in [5, 5.41) is 11.0. The summed E-state index contributed by atoms with van der Waals surface area (Å²) >= 11 is 11.7. The molecule has 1 aromatic heterocycles. The minimum Gasteiger partial charge on any atom is -0.360 e. The maximum atomic E-state index is 12.9. The monoisotopic (exact) mass is 419 g/mol. The molecule has 150 valence electrons. The van der Waals surface area contributed by atoms with E-state index < -0.39 is 0 Å². The first-order chi connectivity index (χ1) is 13.2. The van der Waals surface area contributed by atoms with Crippen LogP contribution < -0.4 is 10.6 Å². The average molecular weight is 420 g/mol. The van der Waals surface area contributed by atoms with E-state index in [2.05, 4.69) is 36.6 Å². The molecule has 1 aromatic carbocycles. The summed E-state index contributed by atoms with van der Waals surface area (Å²) in [5.74, 6) is 0.684. The molecule has 0 bridgehead atoms. The number of amides is 1. The first-order valence-corrected chi connectivity index (χ1v) is 10.3. The van der Waals surface area contributed by atoms with Crippen molar-refractivity contribution >= 4 is 34.8 Å². The van der Waals surface area contributed by atoms with Gasteiger partial charge in [-0.3, -0.25) is 10.1 Å². The van der Waals surface area contributed by atoms with Crippen molar-refractivity contribution in [3.63, 3.8) is 0 Å². The van der Waals surface area contributed by atoms with Gasteiger partial charge in [0.25, 0.3) is 5.91 Å². The molecule has 0 radical (unpaired) electrons. The number of carbonyl (C=O) groups is 1.